The second-order valence-electron chi connectivity index (χ2n) is 10.0. The Hall–Kier alpha value is -2.78. The number of carbonyl (C=O) groups is 2. The number of nitrogens with zero attached hydrogens (tertiary/aromatic N) is 2. The van der Waals surface area contributed by atoms with Crippen molar-refractivity contribution in [3.05, 3.63) is 64.7 Å². The number of halogens is 4. The van der Waals surface area contributed by atoms with Crippen LogP contribution in [-0.2, 0) is 10.4 Å². The fourth-order valence-corrected chi connectivity index (χ4v) is 4.96. The van der Waals surface area contributed by atoms with Gasteiger partial charge in [0.1, 0.15) is 5.75 Å². The van der Waals surface area contributed by atoms with E-state index >= 15 is 0 Å². The van der Waals surface area contributed by atoms with Gasteiger partial charge in [-0.05, 0) is 56.7 Å². The molecule has 10 heteroatoms. The van der Waals surface area contributed by atoms with Crippen LogP contribution in [0.2, 0.25) is 5.02 Å². The van der Waals surface area contributed by atoms with Crippen molar-refractivity contribution in [2.24, 2.45) is 5.92 Å². The van der Waals surface area contributed by atoms with Crippen molar-refractivity contribution in [1.82, 2.24) is 9.80 Å². The maximum absolute atomic E-state index is 13.8. The molecule has 2 aromatic carbocycles. The number of carbonyl (C=O) groups excluding carboxylic acids is 2. The Morgan fingerprint density at radius 1 is 1.13 bits per heavy atom. The smallest absolute Gasteiger partial charge is 0.430 e. The summed E-state index contributed by atoms with van der Waals surface area (Å²) in [5.41, 5.74) is -3.64. The van der Waals surface area contributed by atoms with Crippen LogP contribution in [0.1, 0.15) is 54.9 Å². The number of likely N-dealkylation sites (tertiary alicyclic amines) is 1. The summed E-state index contributed by atoms with van der Waals surface area (Å²) in [6.07, 6.45) is -1.63. The van der Waals surface area contributed by atoms with Crippen molar-refractivity contribution in [1.29, 1.82) is 0 Å². The summed E-state index contributed by atoms with van der Waals surface area (Å²) < 4.78 is 47.5. The number of rotatable bonds is 9. The molecule has 2 aromatic rings. The topological polar surface area (TPSA) is 70.1 Å². The van der Waals surface area contributed by atoms with Crippen LogP contribution in [0.4, 0.5) is 13.2 Å². The lowest BCUT2D eigenvalue weighted by Crippen LogP contribution is -2.57. The van der Waals surface area contributed by atoms with Gasteiger partial charge in [0.25, 0.3) is 17.4 Å². The lowest BCUT2D eigenvalue weighted by molar-refractivity contribution is -0.262. The average Bonchev–Trinajstić information content (AvgIpc) is 2.87. The number of piperidine rings is 1. The minimum absolute atomic E-state index is 0.101. The molecule has 3 rings (SSSR count). The maximum atomic E-state index is 13.8. The Labute approximate surface area is 226 Å². The Kier molecular flexibility index (Phi) is 9.70. The van der Waals surface area contributed by atoms with E-state index in [0.29, 0.717) is 29.2 Å². The summed E-state index contributed by atoms with van der Waals surface area (Å²) in [6, 6.07) is 11.5. The van der Waals surface area contributed by atoms with E-state index in [-0.39, 0.29) is 31.0 Å². The number of aliphatic hydroxyl groups is 1. The first-order valence-corrected chi connectivity index (χ1v) is 13.0. The zero-order chi connectivity index (χ0) is 28.1. The molecule has 0 spiro atoms. The normalized spacial score (nSPS) is 17.0. The van der Waals surface area contributed by atoms with Gasteiger partial charge >= 0.3 is 6.18 Å². The molecule has 6 nitrogen and oxygen atoms in total. The molecule has 1 unspecified atom stereocenters. The highest BCUT2D eigenvalue weighted by molar-refractivity contribution is 6.34. The summed E-state index contributed by atoms with van der Waals surface area (Å²) >= 11 is 6.25. The van der Waals surface area contributed by atoms with E-state index in [1.54, 1.807) is 32.3 Å². The van der Waals surface area contributed by atoms with Crippen LogP contribution >= 0.6 is 11.6 Å². The minimum atomic E-state index is -5.13. The van der Waals surface area contributed by atoms with Crippen molar-refractivity contribution in [3.63, 3.8) is 0 Å². The lowest BCUT2D eigenvalue weighted by Gasteiger charge is -2.38. The highest BCUT2D eigenvalue weighted by atomic mass is 35.5. The molecule has 0 bridgehead atoms. The van der Waals surface area contributed by atoms with E-state index in [2.05, 4.69) is 0 Å². The Balaban J connectivity index is 1.48. The van der Waals surface area contributed by atoms with Crippen LogP contribution in [0.25, 0.3) is 0 Å². The highest BCUT2D eigenvalue weighted by Gasteiger charge is 2.62. The SMILES string of the molecule is CC(CCCC1CCN(C(=O)[C@](O)(c2ccccc2)C(F)(F)F)CC1)Oc1ccc(C(=O)N(C)C)c(Cl)c1. The number of hydrogen-bond donors (Lipinski definition) is 1. The Morgan fingerprint density at radius 2 is 1.76 bits per heavy atom. The standard InChI is InChI=1S/C28H34ClF3N2O4/c1-19(38-22-12-13-23(24(29)18-22)25(35)33(2)3)8-7-9-20-14-16-34(17-15-20)26(36)27(37,28(30,31)32)21-10-5-4-6-11-21/h4-6,10-13,18-20,37H,7-9,14-17H2,1-3H3/t19?,27-/m1/s1. The van der Waals surface area contributed by atoms with E-state index in [4.69, 9.17) is 16.3 Å². The second kappa shape index (κ2) is 12.4. The summed E-state index contributed by atoms with van der Waals surface area (Å²) in [7, 11) is 3.31. The fraction of sp³-hybridized carbons (Fsp3) is 0.500. The first kappa shape index (κ1) is 29.8. The minimum Gasteiger partial charge on any atom is -0.491 e. The molecule has 0 aromatic heterocycles. The van der Waals surface area contributed by atoms with Crippen molar-refractivity contribution in [2.75, 3.05) is 27.2 Å². The van der Waals surface area contributed by atoms with Gasteiger partial charge in [0.15, 0.2) is 0 Å². The Morgan fingerprint density at radius 3 is 2.32 bits per heavy atom. The van der Waals surface area contributed by atoms with E-state index in [1.165, 1.54) is 23.1 Å². The van der Waals surface area contributed by atoms with E-state index < -0.39 is 23.2 Å². The maximum Gasteiger partial charge on any atom is 0.430 e. The molecule has 208 valence electrons. The van der Waals surface area contributed by atoms with Crippen molar-refractivity contribution in [2.45, 2.75) is 56.9 Å². The number of ether oxygens (including phenoxy) is 1. The highest BCUT2D eigenvalue weighted by Crippen LogP contribution is 2.41. The summed E-state index contributed by atoms with van der Waals surface area (Å²) in [6.45, 7) is 2.27. The summed E-state index contributed by atoms with van der Waals surface area (Å²) in [5, 5.41) is 10.9. The van der Waals surface area contributed by atoms with Crippen molar-refractivity contribution in [3.8, 4) is 5.75 Å². The molecular formula is C28H34ClF3N2O4. The molecule has 0 radical (unpaired) electrons. The molecule has 1 aliphatic rings. The van der Waals surface area contributed by atoms with Crippen molar-refractivity contribution >= 4 is 23.4 Å². The zero-order valence-corrected chi connectivity index (χ0v) is 22.6. The number of amides is 2. The predicted molar refractivity (Wildman–Crippen MR) is 139 cm³/mol. The number of hydrogen-bond acceptors (Lipinski definition) is 4. The second-order valence-corrected chi connectivity index (χ2v) is 10.4. The van der Waals surface area contributed by atoms with Gasteiger partial charge in [-0.2, -0.15) is 13.2 Å². The molecule has 38 heavy (non-hydrogen) atoms. The van der Waals surface area contributed by atoms with E-state index in [9.17, 15) is 27.9 Å². The summed E-state index contributed by atoms with van der Waals surface area (Å²) in [4.78, 5) is 27.6. The third-order valence-corrected chi connectivity index (χ3v) is 7.26. The lowest BCUT2D eigenvalue weighted by atomic mass is 9.87. The number of alkyl halides is 3. The molecule has 2 atom stereocenters. The first-order valence-electron chi connectivity index (χ1n) is 12.7. The van der Waals surface area contributed by atoms with Crippen molar-refractivity contribution < 1.29 is 32.6 Å². The zero-order valence-electron chi connectivity index (χ0n) is 21.8. The van der Waals surface area contributed by atoms with Gasteiger partial charge in [-0.15, -0.1) is 0 Å². The van der Waals surface area contributed by atoms with E-state index in [1.807, 2.05) is 6.92 Å². The van der Waals surface area contributed by atoms with Crippen LogP contribution < -0.4 is 4.74 Å². The molecular weight excluding hydrogens is 521 g/mol. The molecule has 0 aliphatic carbocycles. The molecule has 1 fully saturated rings. The van der Waals surface area contributed by atoms with Gasteiger partial charge in [0.2, 0.25) is 0 Å². The van der Waals surface area contributed by atoms with Crippen LogP contribution in [0.5, 0.6) is 5.75 Å². The van der Waals surface area contributed by atoms with Crippen LogP contribution in [-0.4, -0.2) is 66.2 Å². The van der Waals surface area contributed by atoms with E-state index in [0.717, 1.165) is 36.3 Å². The Bertz CT molecular complexity index is 1110. The third-order valence-electron chi connectivity index (χ3n) is 6.95. The molecule has 1 saturated heterocycles. The molecule has 0 saturated carbocycles. The van der Waals surface area contributed by atoms with Gasteiger partial charge in [-0.25, -0.2) is 0 Å². The largest absolute Gasteiger partial charge is 0.491 e. The first-order chi connectivity index (χ1) is 17.8. The monoisotopic (exact) mass is 554 g/mol. The summed E-state index contributed by atoms with van der Waals surface area (Å²) in [5.74, 6) is -0.674. The predicted octanol–water partition coefficient (Wildman–Crippen LogP) is 5.67. The van der Waals surface area contributed by atoms with Gasteiger partial charge in [-0.1, -0.05) is 48.4 Å². The molecule has 1 heterocycles. The van der Waals surface area contributed by atoms with Gasteiger partial charge in [-0.3, -0.25) is 9.59 Å². The van der Waals surface area contributed by atoms with Gasteiger partial charge < -0.3 is 19.6 Å². The quantitative estimate of drug-likeness (QED) is 0.434. The third kappa shape index (κ3) is 6.80. The average molecular weight is 555 g/mol. The van der Waals surface area contributed by atoms with Crippen LogP contribution in [0, 0.1) is 5.92 Å². The van der Waals surface area contributed by atoms with Crippen LogP contribution in [0.15, 0.2) is 48.5 Å². The van der Waals surface area contributed by atoms with Gasteiger partial charge in [0.05, 0.1) is 16.7 Å². The molecule has 1 N–H and O–H groups in total. The van der Waals surface area contributed by atoms with Gasteiger partial charge in [0, 0.05) is 32.7 Å². The molecule has 2 amide bonds. The fourth-order valence-electron chi connectivity index (χ4n) is 4.71. The number of benzene rings is 2. The van der Waals surface area contributed by atoms with Crippen LogP contribution in [0.3, 0.4) is 0 Å². The molecule has 1 aliphatic heterocycles.